The Balaban J connectivity index is 0.00000116. The second kappa shape index (κ2) is 11.0. The molecule has 0 aliphatic heterocycles. The third kappa shape index (κ3) is 6.92. The van der Waals surface area contributed by atoms with Gasteiger partial charge in [0.2, 0.25) is 0 Å². The number of hydrogen-bond donors (Lipinski definition) is 1. The molecule has 2 aromatic carbocycles. The fourth-order valence-electron chi connectivity index (χ4n) is 1.78. The molecule has 1 N–H and O–H groups in total. The summed E-state index contributed by atoms with van der Waals surface area (Å²) in [5.74, 6) is 0.287. The zero-order valence-corrected chi connectivity index (χ0v) is 14.7. The molecule has 0 heterocycles. The highest BCUT2D eigenvalue weighted by Gasteiger charge is 1.97. The molecule has 0 amide bonds. The van der Waals surface area contributed by atoms with E-state index in [9.17, 15) is 5.11 Å². The first kappa shape index (κ1) is 18.5. The maximum absolute atomic E-state index is 9.68. The molecule has 2 aromatic rings. The largest absolute Gasteiger partial charge is 0.507 e. The molecule has 0 aliphatic rings. The molecule has 118 valence electrons. The van der Waals surface area contributed by atoms with Gasteiger partial charge in [0, 0.05) is 10.0 Å². The summed E-state index contributed by atoms with van der Waals surface area (Å²) in [5.41, 5.74) is 1.99. The standard InChI is InChI=1S/C17H17BrO2.C2H6/c18-16-9-10-17(19)15(12-16)8-4-5-11-20-13-14-6-2-1-3-7-14;1-2/h1-4,6-10,12,19H,5,11,13H2;1-2H3/b8-4+;. The van der Waals surface area contributed by atoms with E-state index in [-0.39, 0.29) is 5.75 Å². The summed E-state index contributed by atoms with van der Waals surface area (Å²) in [6, 6.07) is 15.5. The normalized spacial score (nSPS) is 10.3. The highest BCUT2D eigenvalue weighted by molar-refractivity contribution is 9.10. The summed E-state index contributed by atoms with van der Waals surface area (Å²) in [4.78, 5) is 0. The van der Waals surface area contributed by atoms with Crippen LogP contribution in [0.15, 0.2) is 59.1 Å². The molecule has 0 atom stereocenters. The predicted octanol–water partition coefficient (Wildman–Crippen LogP) is 5.80. The minimum absolute atomic E-state index is 0.287. The third-order valence-electron chi connectivity index (χ3n) is 2.83. The van der Waals surface area contributed by atoms with Crippen molar-refractivity contribution in [3.8, 4) is 5.75 Å². The van der Waals surface area contributed by atoms with Crippen molar-refractivity contribution in [1.29, 1.82) is 0 Å². The molecule has 0 aromatic heterocycles. The Bertz CT molecular complexity index is 565. The molecule has 22 heavy (non-hydrogen) atoms. The lowest BCUT2D eigenvalue weighted by molar-refractivity contribution is 0.125. The lowest BCUT2D eigenvalue weighted by Crippen LogP contribution is -1.93. The van der Waals surface area contributed by atoms with E-state index in [1.165, 1.54) is 5.56 Å². The second-order valence-corrected chi connectivity index (χ2v) is 5.35. The molecule has 0 bridgehead atoms. The zero-order chi connectivity index (χ0) is 16.2. The molecule has 3 heteroatoms. The Kier molecular flexibility index (Phi) is 9.28. The van der Waals surface area contributed by atoms with Crippen LogP contribution in [0.3, 0.4) is 0 Å². The number of benzene rings is 2. The summed E-state index contributed by atoms with van der Waals surface area (Å²) in [6.07, 6.45) is 4.73. The van der Waals surface area contributed by atoms with Gasteiger partial charge in [0.05, 0.1) is 13.2 Å². The Morgan fingerprint density at radius 1 is 1.09 bits per heavy atom. The molecule has 2 rings (SSSR count). The average molecular weight is 363 g/mol. The van der Waals surface area contributed by atoms with Gasteiger partial charge in [-0.3, -0.25) is 0 Å². The van der Waals surface area contributed by atoms with E-state index in [0.717, 1.165) is 16.5 Å². The quantitative estimate of drug-likeness (QED) is 0.657. The third-order valence-corrected chi connectivity index (χ3v) is 3.32. The summed E-state index contributed by atoms with van der Waals surface area (Å²) < 4.78 is 6.54. The van der Waals surface area contributed by atoms with Crippen LogP contribution >= 0.6 is 15.9 Å². The fraction of sp³-hybridized carbons (Fsp3) is 0.263. The molecular formula is C19H23BrO2. The van der Waals surface area contributed by atoms with Crippen LogP contribution < -0.4 is 0 Å². The van der Waals surface area contributed by atoms with Gasteiger partial charge in [-0.1, -0.05) is 72.3 Å². The van der Waals surface area contributed by atoms with Crippen molar-refractivity contribution >= 4 is 22.0 Å². The van der Waals surface area contributed by atoms with E-state index in [2.05, 4.69) is 28.1 Å². The summed E-state index contributed by atoms with van der Waals surface area (Å²) >= 11 is 3.39. The van der Waals surface area contributed by atoms with Crippen molar-refractivity contribution in [1.82, 2.24) is 0 Å². The molecule has 0 aliphatic carbocycles. The molecule has 0 spiro atoms. The summed E-state index contributed by atoms with van der Waals surface area (Å²) in [5, 5.41) is 9.68. The van der Waals surface area contributed by atoms with Crippen LogP contribution in [0, 0.1) is 0 Å². The van der Waals surface area contributed by atoms with E-state index in [0.29, 0.717) is 13.2 Å². The molecule has 0 radical (unpaired) electrons. The van der Waals surface area contributed by atoms with Crippen molar-refractivity contribution in [3.63, 3.8) is 0 Å². The lowest BCUT2D eigenvalue weighted by Gasteiger charge is -2.02. The maximum Gasteiger partial charge on any atom is 0.122 e. The van der Waals surface area contributed by atoms with Gasteiger partial charge in [-0.05, 0) is 30.2 Å². The number of ether oxygens (including phenoxy) is 1. The SMILES string of the molecule is CC.Oc1ccc(Br)cc1/C=C/CCOCc1ccccc1. The minimum atomic E-state index is 0.287. The van der Waals surface area contributed by atoms with Crippen LogP contribution in [0.5, 0.6) is 5.75 Å². The highest BCUT2D eigenvalue weighted by Crippen LogP contribution is 2.23. The number of rotatable bonds is 6. The number of phenols is 1. The Morgan fingerprint density at radius 2 is 1.82 bits per heavy atom. The van der Waals surface area contributed by atoms with Gasteiger partial charge >= 0.3 is 0 Å². The van der Waals surface area contributed by atoms with Crippen molar-refractivity contribution in [2.24, 2.45) is 0 Å². The van der Waals surface area contributed by atoms with Crippen molar-refractivity contribution < 1.29 is 9.84 Å². The van der Waals surface area contributed by atoms with Gasteiger partial charge in [-0.25, -0.2) is 0 Å². The van der Waals surface area contributed by atoms with Crippen molar-refractivity contribution in [2.45, 2.75) is 26.9 Å². The Hall–Kier alpha value is -1.58. The monoisotopic (exact) mass is 362 g/mol. The summed E-state index contributed by atoms with van der Waals surface area (Å²) in [6.45, 7) is 5.30. The van der Waals surface area contributed by atoms with Gasteiger partial charge in [-0.15, -0.1) is 0 Å². The zero-order valence-electron chi connectivity index (χ0n) is 13.1. The lowest BCUT2D eigenvalue weighted by atomic mass is 10.2. The highest BCUT2D eigenvalue weighted by atomic mass is 79.9. The molecule has 0 saturated heterocycles. The van der Waals surface area contributed by atoms with Crippen LogP contribution in [0.1, 0.15) is 31.4 Å². The number of phenolic OH excluding ortho intramolecular Hbond substituents is 1. The van der Waals surface area contributed by atoms with E-state index in [1.807, 2.05) is 56.3 Å². The second-order valence-electron chi connectivity index (χ2n) is 4.43. The van der Waals surface area contributed by atoms with Crippen LogP contribution in [-0.4, -0.2) is 11.7 Å². The first-order valence-corrected chi connectivity index (χ1v) is 8.32. The van der Waals surface area contributed by atoms with Crippen LogP contribution in [-0.2, 0) is 11.3 Å². The van der Waals surface area contributed by atoms with E-state index >= 15 is 0 Å². The van der Waals surface area contributed by atoms with Crippen LogP contribution in [0.25, 0.3) is 6.08 Å². The maximum atomic E-state index is 9.68. The molecule has 0 fully saturated rings. The fourth-order valence-corrected chi connectivity index (χ4v) is 2.16. The molecule has 0 unspecified atom stereocenters. The topological polar surface area (TPSA) is 29.5 Å². The molecule has 0 saturated carbocycles. The number of aromatic hydroxyl groups is 1. The smallest absolute Gasteiger partial charge is 0.122 e. The predicted molar refractivity (Wildman–Crippen MR) is 96.9 cm³/mol. The van der Waals surface area contributed by atoms with E-state index < -0.39 is 0 Å². The van der Waals surface area contributed by atoms with Crippen molar-refractivity contribution in [3.05, 3.63) is 70.2 Å². The van der Waals surface area contributed by atoms with Gasteiger partial charge in [0.1, 0.15) is 5.75 Å². The Morgan fingerprint density at radius 3 is 2.55 bits per heavy atom. The molecule has 2 nitrogen and oxygen atoms in total. The van der Waals surface area contributed by atoms with E-state index in [1.54, 1.807) is 6.07 Å². The summed E-state index contributed by atoms with van der Waals surface area (Å²) in [7, 11) is 0. The van der Waals surface area contributed by atoms with Crippen LogP contribution in [0.4, 0.5) is 0 Å². The minimum Gasteiger partial charge on any atom is -0.507 e. The van der Waals surface area contributed by atoms with Gasteiger partial charge in [0.25, 0.3) is 0 Å². The number of halogens is 1. The van der Waals surface area contributed by atoms with Gasteiger partial charge in [0.15, 0.2) is 0 Å². The first-order valence-electron chi connectivity index (χ1n) is 7.52. The first-order chi connectivity index (χ1) is 10.8. The van der Waals surface area contributed by atoms with Gasteiger partial charge < -0.3 is 9.84 Å². The van der Waals surface area contributed by atoms with Crippen molar-refractivity contribution in [2.75, 3.05) is 6.61 Å². The Labute approximate surface area is 141 Å². The van der Waals surface area contributed by atoms with E-state index in [4.69, 9.17) is 4.74 Å². The average Bonchev–Trinajstić information content (AvgIpc) is 2.56. The molecular weight excluding hydrogens is 340 g/mol. The van der Waals surface area contributed by atoms with Crippen LogP contribution in [0.2, 0.25) is 0 Å². The number of hydrogen-bond acceptors (Lipinski definition) is 2. The van der Waals surface area contributed by atoms with Gasteiger partial charge in [-0.2, -0.15) is 0 Å².